The van der Waals surface area contributed by atoms with Gasteiger partial charge in [-0.3, -0.25) is 25.2 Å². The van der Waals surface area contributed by atoms with E-state index in [1.54, 1.807) is 42.5 Å². The molecule has 0 aliphatic rings. The number of halogens is 1. The monoisotopic (exact) mass is 383 g/mol. The average molecular weight is 384 g/mol. The third kappa shape index (κ3) is 4.74. The summed E-state index contributed by atoms with van der Waals surface area (Å²) in [4.78, 5) is 35.9. The van der Waals surface area contributed by atoms with E-state index in [1.807, 2.05) is 0 Å². The lowest BCUT2D eigenvalue weighted by Crippen LogP contribution is -2.41. The standard InChI is InChI=1S/C19H14ClN3O4/c20-14-7-3-12(4-8-14)17(24)21-15-9-5-13(6-10-15)18(25)22-23-19(26)16-2-1-11-27-16/h1-11H,(H,21,24)(H,22,25)(H,23,26). The SMILES string of the molecule is O=C(NNC(=O)c1ccco1)c1ccc(NC(=O)c2ccc(Cl)cc2)cc1. The van der Waals surface area contributed by atoms with Crippen LogP contribution >= 0.6 is 11.6 Å². The highest BCUT2D eigenvalue weighted by Crippen LogP contribution is 2.13. The molecule has 0 aliphatic carbocycles. The molecule has 8 heteroatoms. The molecule has 136 valence electrons. The Morgan fingerprint density at radius 3 is 1.96 bits per heavy atom. The van der Waals surface area contributed by atoms with Crippen molar-refractivity contribution in [2.24, 2.45) is 0 Å². The molecule has 0 saturated heterocycles. The fourth-order valence-corrected chi connectivity index (χ4v) is 2.29. The molecule has 27 heavy (non-hydrogen) atoms. The Balaban J connectivity index is 1.56. The Bertz CT molecular complexity index is 952. The van der Waals surface area contributed by atoms with Crippen LogP contribution < -0.4 is 16.2 Å². The zero-order valence-corrected chi connectivity index (χ0v) is 14.6. The second-order valence-electron chi connectivity index (χ2n) is 5.42. The van der Waals surface area contributed by atoms with Gasteiger partial charge in [-0.15, -0.1) is 0 Å². The first-order valence-corrected chi connectivity index (χ1v) is 8.22. The average Bonchev–Trinajstić information content (AvgIpc) is 3.22. The summed E-state index contributed by atoms with van der Waals surface area (Å²) in [6.07, 6.45) is 1.35. The fourth-order valence-electron chi connectivity index (χ4n) is 2.16. The van der Waals surface area contributed by atoms with Crippen LogP contribution in [0.25, 0.3) is 0 Å². The molecule has 0 bridgehead atoms. The number of furan rings is 1. The van der Waals surface area contributed by atoms with E-state index in [0.717, 1.165) is 0 Å². The predicted molar refractivity (Wildman–Crippen MR) is 99.5 cm³/mol. The van der Waals surface area contributed by atoms with Gasteiger partial charge in [0.1, 0.15) is 0 Å². The maximum atomic E-state index is 12.1. The minimum absolute atomic E-state index is 0.0792. The van der Waals surface area contributed by atoms with E-state index < -0.39 is 11.8 Å². The van der Waals surface area contributed by atoms with E-state index in [0.29, 0.717) is 21.8 Å². The predicted octanol–water partition coefficient (Wildman–Crippen LogP) is 3.26. The highest BCUT2D eigenvalue weighted by atomic mass is 35.5. The van der Waals surface area contributed by atoms with Crippen LogP contribution in [0.5, 0.6) is 0 Å². The number of hydrazine groups is 1. The molecule has 0 saturated carbocycles. The van der Waals surface area contributed by atoms with E-state index in [4.69, 9.17) is 16.0 Å². The van der Waals surface area contributed by atoms with Crippen molar-refractivity contribution in [1.29, 1.82) is 0 Å². The van der Waals surface area contributed by atoms with Crippen molar-refractivity contribution >= 4 is 35.0 Å². The van der Waals surface area contributed by atoms with Gasteiger partial charge in [0.25, 0.3) is 11.8 Å². The van der Waals surface area contributed by atoms with Crippen LogP contribution in [-0.2, 0) is 0 Å². The first-order chi connectivity index (χ1) is 13.0. The summed E-state index contributed by atoms with van der Waals surface area (Å²) >= 11 is 5.80. The summed E-state index contributed by atoms with van der Waals surface area (Å²) in [5.41, 5.74) is 5.81. The molecule has 1 heterocycles. The smallest absolute Gasteiger partial charge is 0.305 e. The first-order valence-electron chi connectivity index (χ1n) is 7.84. The van der Waals surface area contributed by atoms with Crippen LogP contribution in [0.15, 0.2) is 71.3 Å². The van der Waals surface area contributed by atoms with Crippen LogP contribution in [0.2, 0.25) is 5.02 Å². The number of rotatable bonds is 4. The summed E-state index contributed by atoms with van der Waals surface area (Å²) in [5, 5.41) is 3.26. The van der Waals surface area contributed by atoms with Crippen molar-refractivity contribution in [1.82, 2.24) is 10.9 Å². The molecule has 2 aromatic carbocycles. The molecule has 0 fully saturated rings. The number of carbonyl (C=O) groups excluding carboxylic acids is 3. The summed E-state index contributed by atoms with van der Waals surface area (Å²) < 4.78 is 4.92. The van der Waals surface area contributed by atoms with Crippen molar-refractivity contribution in [3.05, 3.63) is 88.8 Å². The van der Waals surface area contributed by atoms with Crippen LogP contribution in [0.4, 0.5) is 5.69 Å². The maximum absolute atomic E-state index is 12.1. The second-order valence-corrected chi connectivity index (χ2v) is 5.86. The number of carbonyl (C=O) groups is 3. The number of hydrogen-bond donors (Lipinski definition) is 3. The van der Waals surface area contributed by atoms with Crippen LogP contribution in [0.1, 0.15) is 31.3 Å². The quantitative estimate of drug-likeness (QED) is 0.602. The van der Waals surface area contributed by atoms with Gasteiger partial charge in [-0.25, -0.2) is 0 Å². The van der Waals surface area contributed by atoms with E-state index in [9.17, 15) is 14.4 Å². The summed E-state index contributed by atoms with van der Waals surface area (Å²) in [6.45, 7) is 0. The van der Waals surface area contributed by atoms with Gasteiger partial charge in [0, 0.05) is 21.8 Å². The summed E-state index contributed by atoms with van der Waals surface area (Å²) in [5.74, 6) is -1.30. The summed E-state index contributed by atoms with van der Waals surface area (Å²) in [7, 11) is 0. The molecular formula is C19H14ClN3O4. The minimum atomic E-state index is -0.569. The Morgan fingerprint density at radius 2 is 1.33 bits per heavy atom. The Morgan fingerprint density at radius 1 is 0.741 bits per heavy atom. The molecule has 3 aromatic rings. The van der Waals surface area contributed by atoms with Crippen molar-refractivity contribution in [2.75, 3.05) is 5.32 Å². The van der Waals surface area contributed by atoms with E-state index >= 15 is 0 Å². The molecule has 3 amide bonds. The van der Waals surface area contributed by atoms with E-state index in [1.165, 1.54) is 24.5 Å². The van der Waals surface area contributed by atoms with Gasteiger partial charge in [0.2, 0.25) is 0 Å². The van der Waals surface area contributed by atoms with Crippen molar-refractivity contribution in [3.8, 4) is 0 Å². The van der Waals surface area contributed by atoms with Crippen LogP contribution in [0, 0.1) is 0 Å². The highest BCUT2D eigenvalue weighted by Gasteiger charge is 2.11. The third-order valence-corrected chi connectivity index (χ3v) is 3.80. The van der Waals surface area contributed by atoms with Crippen LogP contribution in [0.3, 0.4) is 0 Å². The van der Waals surface area contributed by atoms with Gasteiger partial charge >= 0.3 is 5.91 Å². The second kappa shape index (κ2) is 8.20. The molecule has 3 rings (SSSR count). The molecule has 0 radical (unpaired) electrons. The van der Waals surface area contributed by atoms with Crippen molar-refractivity contribution < 1.29 is 18.8 Å². The molecule has 0 unspecified atom stereocenters. The van der Waals surface area contributed by atoms with E-state index in [-0.39, 0.29) is 11.7 Å². The zero-order chi connectivity index (χ0) is 19.2. The topological polar surface area (TPSA) is 100 Å². The molecule has 0 atom stereocenters. The Labute approximate surface area is 159 Å². The highest BCUT2D eigenvalue weighted by molar-refractivity contribution is 6.30. The van der Waals surface area contributed by atoms with Crippen molar-refractivity contribution in [2.45, 2.75) is 0 Å². The van der Waals surface area contributed by atoms with Gasteiger partial charge in [-0.2, -0.15) is 0 Å². The van der Waals surface area contributed by atoms with Gasteiger partial charge in [0.15, 0.2) is 5.76 Å². The Kier molecular flexibility index (Phi) is 5.53. The van der Waals surface area contributed by atoms with Crippen LogP contribution in [-0.4, -0.2) is 17.7 Å². The van der Waals surface area contributed by atoms with Gasteiger partial charge in [-0.1, -0.05) is 11.6 Å². The zero-order valence-electron chi connectivity index (χ0n) is 13.9. The van der Waals surface area contributed by atoms with Gasteiger partial charge in [-0.05, 0) is 60.7 Å². The Hall–Kier alpha value is -3.58. The number of benzene rings is 2. The molecule has 3 N–H and O–H groups in total. The fraction of sp³-hybridized carbons (Fsp3) is 0. The number of anilines is 1. The number of amides is 3. The largest absolute Gasteiger partial charge is 0.459 e. The maximum Gasteiger partial charge on any atom is 0.305 e. The normalized spacial score (nSPS) is 10.1. The molecule has 7 nitrogen and oxygen atoms in total. The number of hydrogen-bond acceptors (Lipinski definition) is 4. The molecule has 1 aromatic heterocycles. The van der Waals surface area contributed by atoms with E-state index in [2.05, 4.69) is 16.2 Å². The molecule has 0 spiro atoms. The number of nitrogens with one attached hydrogen (secondary N) is 3. The lowest BCUT2D eigenvalue weighted by Gasteiger charge is -2.08. The lowest BCUT2D eigenvalue weighted by atomic mass is 10.1. The summed E-state index contributed by atoms with van der Waals surface area (Å²) in [6, 6.07) is 15.7. The van der Waals surface area contributed by atoms with Gasteiger partial charge < -0.3 is 9.73 Å². The minimum Gasteiger partial charge on any atom is -0.459 e. The lowest BCUT2D eigenvalue weighted by molar-refractivity contribution is 0.0831. The van der Waals surface area contributed by atoms with Gasteiger partial charge in [0.05, 0.1) is 6.26 Å². The molecule has 0 aliphatic heterocycles. The molecular weight excluding hydrogens is 370 g/mol. The third-order valence-electron chi connectivity index (χ3n) is 3.55. The van der Waals surface area contributed by atoms with Crippen molar-refractivity contribution in [3.63, 3.8) is 0 Å². The first kappa shape index (κ1) is 18.2.